The summed E-state index contributed by atoms with van der Waals surface area (Å²) in [6, 6.07) is 24.2. The number of aliphatic hydroxyl groups is 2. The number of hydrogen-bond donors (Lipinski definition) is 2. The molecule has 0 bridgehead atoms. The molecular formula is C25H46O3Si2. The molecule has 30 heavy (non-hydrogen) atoms. The van der Waals surface area contributed by atoms with Gasteiger partial charge in [-0.2, -0.15) is 0 Å². The van der Waals surface area contributed by atoms with Gasteiger partial charge >= 0.3 is 0 Å². The fraction of sp³-hybridized carbons (Fsp3) is 0.520. The Labute approximate surface area is 188 Å². The van der Waals surface area contributed by atoms with Gasteiger partial charge in [-0.15, -0.1) is 0 Å². The molecule has 2 N–H and O–H groups in total. The standard InChI is InChI=1S/C22H34OSi2.2CH4O.CH4/c1-24(2,19-11-17-21-13-7-5-8-14-21)23-25(3,4)20-12-18-22-15-9-6-10-16-22;2*1-2;/h5-10,13-16H,11-12,17-20H2,1-4H3;2*2H,1H3;1H4. The van der Waals surface area contributed by atoms with Crippen molar-refractivity contribution < 1.29 is 14.3 Å². The molecule has 0 radical (unpaired) electrons. The number of benzene rings is 2. The molecule has 5 heteroatoms. The number of aliphatic hydroxyl groups excluding tert-OH is 2. The van der Waals surface area contributed by atoms with Crippen molar-refractivity contribution in [1.82, 2.24) is 0 Å². The van der Waals surface area contributed by atoms with E-state index in [0.717, 1.165) is 14.2 Å². The van der Waals surface area contributed by atoms with Gasteiger partial charge in [0.1, 0.15) is 0 Å². The van der Waals surface area contributed by atoms with Gasteiger partial charge < -0.3 is 14.3 Å². The lowest BCUT2D eigenvalue weighted by atomic mass is 10.1. The van der Waals surface area contributed by atoms with Crippen LogP contribution >= 0.6 is 0 Å². The van der Waals surface area contributed by atoms with Crippen molar-refractivity contribution in [1.29, 1.82) is 0 Å². The third kappa shape index (κ3) is 14.7. The van der Waals surface area contributed by atoms with Gasteiger partial charge in [0.2, 0.25) is 0 Å². The first-order chi connectivity index (χ1) is 13.9. The second kappa shape index (κ2) is 17.4. The van der Waals surface area contributed by atoms with Crippen LogP contribution in [-0.2, 0) is 17.0 Å². The zero-order valence-corrected chi connectivity index (χ0v) is 21.3. The van der Waals surface area contributed by atoms with E-state index in [2.05, 4.69) is 86.9 Å². The first kappa shape index (κ1) is 30.9. The van der Waals surface area contributed by atoms with E-state index in [1.54, 1.807) is 0 Å². The summed E-state index contributed by atoms with van der Waals surface area (Å²) in [6.07, 6.45) is 4.85. The van der Waals surface area contributed by atoms with E-state index in [9.17, 15) is 0 Å². The van der Waals surface area contributed by atoms with E-state index >= 15 is 0 Å². The average molecular weight is 451 g/mol. The highest BCUT2D eigenvalue weighted by atomic mass is 28.4. The van der Waals surface area contributed by atoms with Crippen LogP contribution in [0, 0.1) is 0 Å². The van der Waals surface area contributed by atoms with Crippen LogP contribution in [0.4, 0.5) is 0 Å². The predicted molar refractivity (Wildman–Crippen MR) is 138 cm³/mol. The van der Waals surface area contributed by atoms with Crippen molar-refractivity contribution in [2.75, 3.05) is 14.2 Å². The summed E-state index contributed by atoms with van der Waals surface area (Å²) in [4.78, 5) is 0. The van der Waals surface area contributed by atoms with Crippen molar-refractivity contribution in [2.24, 2.45) is 0 Å². The number of rotatable bonds is 10. The molecule has 0 aliphatic rings. The Morgan fingerprint density at radius 3 is 1.20 bits per heavy atom. The molecule has 0 heterocycles. The van der Waals surface area contributed by atoms with Gasteiger partial charge in [-0.05, 0) is 75.1 Å². The fourth-order valence-electron chi connectivity index (χ4n) is 3.58. The molecule has 0 saturated carbocycles. The lowest BCUT2D eigenvalue weighted by molar-refractivity contribution is 0.399. The third-order valence-electron chi connectivity index (χ3n) is 4.73. The molecule has 0 aliphatic carbocycles. The van der Waals surface area contributed by atoms with E-state index < -0.39 is 16.6 Å². The minimum Gasteiger partial charge on any atom is -0.455 e. The van der Waals surface area contributed by atoms with Crippen LogP contribution in [0.1, 0.15) is 31.4 Å². The first-order valence-corrected chi connectivity index (χ1v) is 16.8. The quantitative estimate of drug-likeness (QED) is 0.404. The molecule has 0 saturated heterocycles. The van der Waals surface area contributed by atoms with E-state index in [1.807, 2.05) is 0 Å². The molecule has 0 fully saturated rings. The van der Waals surface area contributed by atoms with E-state index in [1.165, 1.54) is 48.9 Å². The SMILES string of the molecule is C.CO.CO.C[Si](C)(CCCc1ccccc1)O[Si](C)(C)CCCc1ccccc1. The van der Waals surface area contributed by atoms with Gasteiger partial charge in [-0.1, -0.05) is 68.1 Å². The maximum absolute atomic E-state index is 7.00. The van der Waals surface area contributed by atoms with E-state index in [-0.39, 0.29) is 7.43 Å². The summed E-state index contributed by atoms with van der Waals surface area (Å²) in [5.74, 6) is 0. The zero-order valence-electron chi connectivity index (χ0n) is 19.3. The van der Waals surface area contributed by atoms with Gasteiger partial charge in [0.25, 0.3) is 0 Å². The summed E-state index contributed by atoms with van der Waals surface area (Å²) >= 11 is 0. The van der Waals surface area contributed by atoms with E-state index in [0.29, 0.717) is 0 Å². The van der Waals surface area contributed by atoms with Crippen LogP contribution in [0.5, 0.6) is 0 Å². The predicted octanol–water partition coefficient (Wildman–Crippen LogP) is 6.53. The monoisotopic (exact) mass is 450 g/mol. The van der Waals surface area contributed by atoms with Gasteiger partial charge in [0.05, 0.1) is 0 Å². The molecule has 0 amide bonds. The first-order valence-electron chi connectivity index (χ1n) is 10.5. The van der Waals surface area contributed by atoms with E-state index in [4.69, 9.17) is 14.3 Å². The Bertz CT molecular complexity index is 561. The normalized spacial score (nSPS) is 10.7. The van der Waals surface area contributed by atoms with Gasteiger partial charge in [0.15, 0.2) is 16.6 Å². The van der Waals surface area contributed by atoms with Crippen molar-refractivity contribution in [2.45, 2.75) is 71.4 Å². The van der Waals surface area contributed by atoms with Crippen LogP contribution in [0.2, 0.25) is 38.3 Å². The average Bonchev–Trinajstić information content (AvgIpc) is 2.71. The Kier molecular flexibility index (Phi) is 18.0. The van der Waals surface area contributed by atoms with Crippen LogP contribution in [-0.4, -0.2) is 41.1 Å². The second-order valence-electron chi connectivity index (χ2n) is 8.30. The molecule has 2 rings (SSSR count). The molecule has 0 atom stereocenters. The highest BCUT2D eigenvalue weighted by molar-refractivity contribution is 6.84. The summed E-state index contributed by atoms with van der Waals surface area (Å²) < 4.78 is 6.78. The Balaban J connectivity index is 0. The highest BCUT2D eigenvalue weighted by Crippen LogP contribution is 2.25. The largest absolute Gasteiger partial charge is 0.455 e. The Morgan fingerprint density at radius 2 is 0.900 bits per heavy atom. The summed E-state index contributed by atoms with van der Waals surface area (Å²) in [5.41, 5.74) is 2.90. The molecule has 0 aromatic heterocycles. The lowest BCUT2D eigenvalue weighted by Crippen LogP contribution is -2.44. The Morgan fingerprint density at radius 1 is 0.600 bits per heavy atom. The van der Waals surface area contributed by atoms with Gasteiger partial charge in [-0.3, -0.25) is 0 Å². The third-order valence-corrected chi connectivity index (χ3v) is 12.3. The zero-order chi connectivity index (χ0) is 22.2. The minimum absolute atomic E-state index is 0. The van der Waals surface area contributed by atoms with Crippen LogP contribution in [0.25, 0.3) is 0 Å². The van der Waals surface area contributed by atoms with Crippen molar-refractivity contribution in [3.05, 3.63) is 71.8 Å². The van der Waals surface area contributed by atoms with Crippen molar-refractivity contribution in [3.63, 3.8) is 0 Å². The maximum Gasteiger partial charge on any atom is 0.173 e. The summed E-state index contributed by atoms with van der Waals surface area (Å²) in [7, 11) is -1.12. The number of hydrogen-bond acceptors (Lipinski definition) is 3. The lowest BCUT2D eigenvalue weighted by Gasteiger charge is -2.34. The Hall–Kier alpha value is -1.25. The smallest absolute Gasteiger partial charge is 0.173 e. The molecular weight excluding hydrogens is 404 g/mol. The number of aryl methyl sites for hydroxylation is 2. The van der Waals surface area contributed by atoms with Crippen LogP contribution < -0.4 is 0 Å². The summed E-state index contributed by atoms with van der Waals surface area (Å²) in [5, 5.41) is 14.0. The maximum atomic E-state index is 7.00. The fourth-order valence-corrected chi connectivity index (χ4v) is 12.4. The molecule has 0 aliphatic heterocycles. The van der Waals surface area contributed by atoms with Crippen molar-refractivity contribution >= 4 is 16.6 Å². The second-order valence-corrected chi connectivity index (χ2v) is 17.2. The molecule has 0 spiro atoms. The topological polar surface area (TPSA) is 49.7 Å². The molecule has 2 aromatic carbocycles. The minimum atomic E-state index is -1.56. The van der Waals surface area contributed by atoms with Crippen LogP contribution in [0.3, 0.4) is 0 Å². The van der Waals surface area contributed by atoms with Gasteiger partial charge in [-0.25, -0.2) is 0 Å². The van der Waals surface area contributed by atoms with Gasteiger partial charge in [0, 0.05) is 14.2 Å². The molecule has 2 aromatic rings. The van der Waals surface area contributed by atoms with Crippen LogP contribution in [0.15, 0.2) is 60.7 Å². The molecule has 0 unspecified atom stereocenters. The van der Waals surface area contributed by atoms with Crippen molar-refractivity contribution in [3.8, 4) is 0 Å². The summed E-state index contributed by atoms with van der Waals surface area (Å²) in [6.45, 7) is 9.63. The highest BCUT2D eigenvalue weighted by Gasteiger charge is 2.32. The molecule has 172 valence electrons. The molecule has 3 nitrogen and oxygen atoms in total.